The zero-order valence-electron chi connectivity index (χ0n) is 14.9. The van der Waals surface area contributed by atoms with Gasteiger partial charge in [0.05, 0.1) is 11.1 Å². The molecule has 0 aliphatic carbocycles. The fraction of sp³-hybridized carbons (Fsp3) is 0.286. The van der Waals surface area contributed by atoms with E-state index in [1.165, 1.54) is 5.56 Å². The van der Waals surface area contributed by atoms with Crippen molar-refractivity contribution in [1.82, 2.24) is 14.9 Å². The van der Waals surface area contributed by atoms with Crippen LogP contribution in [-0.4, -0.2) is 40.9 Å². The number of likely N-dealkylation sites (tertiary alicyclic amines) is 1. The third kappa shape index (κ3) is 3.25. The molecule has 26 heavy (non-hydrogen) atoms. The van der Waals surface area contributed by atoms with Crippen LogP contribution in [0.25, 0.3) is 10.9 Å². The summed E-state index contributed by atoms with van der Waals surface area (Å²) in [5, 5.41) is 4.08. The van der Waals surface area contributed by atoms with E-state index in [-0.39, 0.29) is 5.91 Å². The molecule has 4 rings (SSSR count). The van der Waals surface area contributed by atoms with Gasteiger partial charge in [0.25, 0.3) is 5.91 Å². The Kier molecular flexibility index (Phi) is 4.52. The molecule has 1 saturated heterocycles. The van der Waals surface area contributed by atoms with Crippen LogP contribution in [0.15, 0.2) is 54.9 Å². The lowest BCUT2D eigenvalue weighted by Crippen LogP contribution is -2.39. The number of rotatable bonds is 3. The number of nitrogens with zero attached hydrogens (tertiary/aromatic N) is 3. The lowest BCUT2D eigenvalue weighted by molar-refractivity contribution is 0.0707. The van der Waals surface area contributed by atoms with Crippen LogP contribution in [0, 0.1) is 0 Å². The molecule has 0 saturated carbocycles. The Labute approximate surface area is 153 Å². The molecule has 1 unspecified atom stereocenters. The number of pyridine rings is 2. The zero-order chi connectivity index (χ0) is 17.9. The molecule has 1 aromatic carbocycles. The lowest BCUT2D eigenvalue weighted by atomic mass is 9.91. The number of amides is 1. The second-order valence-electron chi connectivity index (χ2n) is 6.73. The number of aromatic nitrogens is 2. The Balaban J connectivity index is 1.55. The van der Waals surface area contributed by atoms with Crippen molar-refractivity contribution in [3.8, 4) is 0 Å². The first-order valence-electron chi connectivity index (χ1n) is 9.02. The van der Waals surface area contributed by atoms with Crippen LogP contribution in [0.4, 0.5) is 5.82 Å². The second kappa shape index (κ2) is 7.12. The average Bonchev–Trinajstić information content (AvgIpc) is 2.73. The fourth-order valence-electron chi connectivity index (χ4n) is 3.64. The van der Waals surface area contributed by atoms with Crippen LogP contribution in [0.5, 0.6) is 0 Å². The predicted octanol–water partition coefficient (Wildman–Crippen LogP) is 3.69. The highest BCUT2D eigenvalue weighted by molar-refractivity contribution is 5.97. The Hall–Kier alpha value is -2.95. The topological polar surface area (TPSA) is 58.1 Å². The smallest absolute Gasteiger partial charge is 0.255 e. The molecular weight excluding hydrogens is 324 g/mol. The third-order valence-corrected chi connectivity index (χ3v) is 5.06. The van der Waals surface area contributed by atoms with Crippen molar-refractivity contribution in [3.63, 3.8) is 0 Å². The van der Waals surface area contributed by atoms with Crippen molar-refractivity contribution in [2.45, 2.75) is 18.8 Å². The maximum atomic E-state index is 13.0. The number of hydrogen-bond donors (Lipinski definition) is 1. The second-order valence-corrected chi connectivity index (χ2v) is 6.73. The molecule has 5 nitrogen and oxygen atoms in total. The van der Waals surface area contributed by atoms with Crippen LogP contribution in [0.3, 0.4) is 0 Å². The molecule has 1 fully saturated rings. The van der Waals surface area contributed by atoms with Crippen LogP contribution >= 0.6 is 0 Å². The van der Waals surface area contributed by atoms with Crippen molar-refractivity contribution in [2.75, 3.05) is 25.5 Å². The van der Waals surface area contributed by atoms with E-state index in [2.05, 4.69) is 27.4 Å². The normalized spacial score (nSPS) is 17.3. The molecule has 0 radical (unpaired) electrons. The van der Waals surface area contributed by atoms with Gasteiger partial charge in [-0.05, 0) is 42.7 Å². The first-order valence-corrected chi connectivity index (χ1v) is 9.02. The summed E-state index contributed by atoms with van der Waals surface area (Å²) in [6, 6.07) is 14.0. The van der Waals surface area contributed by atoms with E-state index in [4.69, 9.17) is 0 Å². The van der Waals surface area contributed by atoms with Gasteiger partial charge in [-0.15, -0.1) is 0 Å². The highest BCUT2D eigenvalue weighted by Crippen LogP contribution is 2.28. The highest BCUT2D eigenvalue weighted by Gasteiger charge is 2.26. The van der Waals surface area contributed by atoms with E-state index in [1.54, 1.807) is 6.20 Å². The van der Waals surface area contributed by atoms with Gasteiger partial charge in [0.15, 0.2) is 0 Å². The molecule has 1 N–H and O–H groups in total. The summed E-state index contributed by atoms with van der Waals surface area (Å²) < 4.78 is 0. The standard InChI is InChI=1S/C21H22N4O/c1-22-20-12-15(8-9-23-20)17-6-4-10-25(14-17)21(26)18-11-16-5-2-3-7-19(16)24-13-18/h2-3,5,7-9,11-13,17H,4,6,10,14H2,1H3,(H,22,23). The van der Waals surface area contributed by atoms with Crippen molar-refractivity contribution in [1.29, 1.82) is 0 Å². The first-order chi connectivity index (χ1) is 12.7. The molecule has 1 amide bonds. The van der Waals surface area contributed by atoms with Gasteiger partial charge in [-0.3, -0.25) is 9.78 Å². The van der Waals surface area contributed by atoms with Crippen LogP contribution in [-0.2, 0) is 0 Å². The molecule has 3 aromatic rings. The van der Waals surface area contributed by atoms with E-state index in [0.717, 1.165) is 42.7 Å². The minimum atomic E-state index is 0.0656. The Morgan fingerprint density at radius 2 is 2.08 bits per heavy atom. The molecule has 2 aromatic heterocycles. The number of hydrogen-bond acceptors (Lipinski definition) is 4. The zero-order valence-corrected chi connectivity index (χ0v) is 14.9. The number of carbonyl (C=O) groups excluding carboxylic acids is 1. The number of fused-ring (bicyclic) bond motifs is 1. The largest absolute Gasteiger partial charge is 0.373 e. The highest BCUT2D eigenvalue weighted by atomic mass is 16.2. The molecule has 132 valence electrons. The third-order valence-electron chi connectivity index (χ3n) is 5.06. The number of carbonyl (C=O) groups is 1. The van der Waals surface area contributed by atoms with Crippen molar-refractivity contribution >= 4 is 22.6 Å². The van der Waals surface area contributed by atoms with Gasteiger partial charge in [0, 0.05) is 43.8 Å². The molecule has 1 atom stereocenters. The molecule has 1 aliphatic heterocycles. The summed E-state index contributed by atoms with van der Waals surface area (Å²) in [4.78, 5) is 23.7. The van der Waals surface area contributed by atoms with E-state index in [0.29, 0.717) is 11.5 Å². The Morgan fingerprint density at radius 1 is 1.19 bits per heavy atom. The van der Waals surface area contributed by atoms with Crippen LogP contribution in [0.1, 0.15) is 34.7 Å². The van der Waals surface area contributed by atoms with Crippen molar-refractivity contribution in [3.05, 3.63) is 66.0 Å². The average molecular weight is 346 g/mol. The number of para-hydroxylation sites is 1. The van der Waals surface area contributed by atoms with Gasteiger partial charge < -0.3 is 10.2 Å². The Bertz CT molecular complexity index is 940. The number of benzene rings is 1. The first kappa shape index (κ1) is 16.5. The quantitative estimate of drug-likeness (QED) is 0.786. The SMILES string of the molecule is CNc1cc(C2CCCN(C(=O)c3cnc4ccccc4c3)C2)ccn1. The Morgan fingerprint density at radius 3 is 2.96 bits per heavy atom. The molecule has 3 heterocycles. The summed E-state index contributed by atoms with van der Waals surface area (Å²) in [6.07, 6.45) is 5.62. The van der Waals surface area contributed by atoms with E-state index in [9.17, 15) is 4.79 Å². The van der Waals surface area contributed by atoms with Gasteiger partial charge in [0.2, 0.25) is 0 Å². The molecule has 5 heteroatoms. The molecule has 0 bridgehead atoms. The van der Waals surface area contributed by atoms with Gasteiger partial charge in [-0.2, -0.15) is 0 Å². The minimum absolute atomic E-state index is 0.0656. The summed E-state index contributed by atoms with van der Waals surface area (Å²) in [7, 11) is 1.87. The fourth-order valence-corrected chi connectivity index (χ4v) is 3.64. The monoisotopic (exact) mass is 346 g/mol. The maximum absolute atomic E-state index is 13.0. The van der Waals surface area contributed by atoms with Crippen LogP contribution < -0.4 is 5.32 Å². The summed E-state index contributed by atoms with van der Waals surface area (Å²) >= 11 is 0. The van der Waals surface area contributed by atoms with E-state index < -0.39 is 0 Å². The molecular formula is C21H22N4O. The van der Waals surface area contributed by atoms with Crippen molar-refractivity contribution in [2.24, 2.45) is 0 Å². The van der Waals surface area contributed by atoms with Gasteiger partial charge in [-0.25, -0.2) is 4.98 Å². The number of piperidine rings is 1. The van der Waals surface area contributed by atoms with Gasteiger partial charge >= 0.3 is 0 Å². The maximum Gasteiger partial charge on any atom is 0.255 e. The van der Waals surface area contributed by atoms with E-state index in [1.807, 2.05) is 48.5 Å². The molecule has 1 aliphatic rings. The van der Waals surface area contributed by atoms with E-state index >= 15 is 0 Å². The lowest BCUT2D eigenvalue weighted by Gasteiger charge is -2.33. The number of nitrogens with one attached hydrogen (secondary N) is 1. The summed E-state index contributed by atoms with van der Waals surface area (Å²) in [5.74, 6) is 1.27. The van der Waals surface area contributed by atoms with Crippen LogP contribution in [0.2, 0.25) is 0 Å². The predicted molar refractivity (Wildman–Crippen MR) is 103 cm³/mol. The summed E-state index contributed by atoms with van der Waals surface area (Å²) in [5.41, 5.74) is 2.81. The summed E-state index contributed by atoms with van der Waals surface area (Å²) in [6.45, 7) is 1.53. The minimum Gasteiger partial charge on any atom is -0.373 e. The molecule has 0 spiro atoms. The van der Waals surface area contributed by atoms with Gasteiger partial charge in [0.1, 0.15) is 5.82 Å². The van der Waals surface area contributed by atoms with Gasteiger partial charge in [-0.1, -0.05) is 18.2 Å². The van der Waals surface area contributed by atoms with Crippen molar-refractivity contribution < 1.29 is 4.79 Å². The number of anilines is 1.